The Kier molecular flexibility index (Phi) is 9.58. The second kappa shape index (κ2) is 11.2. The summed E-state index contributed by atoms with van der Waals surface area (Å²) in [6.07, 6.45) is -7.87. The molecule has 2 saturated heterocycles. The lowest BCUT2D eigenvalue weighted by Crippen LogP contribution is -2.64. The van der Waals surface area contributed by atoms with Gasteiger partial charge in [0.2, 0.25) is 0 Å². The summed E-state index contributed by atoms with van der Waals surface area (Å²) >= 11 is 0. The molecule has 176 valence electrons. The van der Waals surface area contributed by atoms with Gasteiger partial charge in [-0.2, -0.15) is 0 Å². The summed E-state index contributed by atoms with van der Waals surface area (Å²) in [6, 6.07) is 0. The van der Waals surface area contributed by atoms with Gasteiger partial charge < -0.3 is 54.7 Å². The molecule has 0 aromatic heterocycles. The Hall–Kier alpha value is -0.700. The molecule has 4 unspecified atom stereocenters. The van der Waals surface area contributed by atoms with Crippen LogP contribution in [-0.4, -0.2) is 110 Å². The maximum absolute atomic E-state index is 10.3. The van der Waals surface area contributed by atoms with Gasteiger partial charge in [-0.05, 0) is 6.42 Å². The molecular weight excluding hydrogens is 404 g/mol. The zero-order chi connectivity index (χ0) is 22.5. The molecule has 10 atom stereocenters. The van der Waals surface area contributed by atoms with Gasteiger partial charge >= 0.3 is 5.97 Å². The van der Waals surface area contributed by atoms with E-state index in [0.717, 1.165) is 19.3 Å². The standard InChI is InChI=1S/C19H34O11/c1-3-5-6-7-10(4-2)29-18-16(24)15(23)14(22)12(30-18)9-28-19(26)17(25)13(21)11(20)8-27-19/h4,10-18,20-26H,2-3,5-9H2,1H3/t10?,11-,12?,13?,14-,15?,16+,17+,18+,19+/m1/s1. The van der Waals surface area contributed by atoms with Gasteiger partial charge in [-0.15, -0.1) is 6.58 Å². The number of hydrogen-bond acceptors (Lipinski definition) is 11. The average molecular weight is 438 g/mol. The molecule has 0 aromatic carbocycles. The first-order chi connectivity index (χ1) is 14.1. The molecule has 2 aliphatic rings. The monoisotopic (exact) mass is 438 g/mol. The summed E-state index contributed by atoms with van der Waals surface area (Å²) in [4.78, 5) is 0. The van der Waals surface area contributed by atoms with E-state index in [1.165, 1.54) is 0 Å². The molecule has 30 heavy (non-hydrogen) atoms. The van der Waals surface area contributed by atoms with E-state index in [1.54, 1.807) is 6.08 Å². The molecule has 0 aliphatic carbocycles. The van der Waals surface area contributed by atoms with Crippen LogP contribution in [0.2, 0.25) is 0 Å². The maximum atomic E-state index is 10.3. The highest BCUT2D eigenvalue weighted by atomic mass is 16.8. The number of unbranched alkanes of at least 4 members (excludes halogenated alkanes) is 2. The number of rotatable bonds is 10. The van der Waals surface area contributed by atoms with Gasteiger partial charge in [0.05, 0.1) is 19.3 Å². The highest BCUT2D eigenvalue weighted by Gasteiger charge is 2.52. The van der Waals surface area contributed by atoms with Crippen LogP contribution in [0.4, 0.5) is 0 Å². The summed E-state index contributed by atoms with van der Waals surface area (Å²) in [5.41, 5.74) is 0. The maximum Gasteiger partial charge on any atom is 0.311 e. The van der Waals surface area contributed by atoms with Crippen molar-refractivity contribution in [3.8, 4) is 0 Å². The molecule has 2 heterocycles. The molecule has 0 radical (unpaired) electrons. The molecule has 11 heteroatoms. The number of ether oxygens (including phenoxy) is 4. The van der Waals surface area contributed by atoms with E-state index in [2.05, 4.69) is 13.5 Å². The van der Waals surface area contributed by atoms with Gasteiger partial charge in [-0.3, -0.25) is 0 Å². The van der Waals surface area contributed by atoms with Gasteiger partial charge in [-0.1, -0.05) is 32.3 Å². The van der Waals surface area contributed by atoms with Crippen LogP contribution < -0.4 is 0 Å². The van der Waals surface area contributed by atoms with E-state index >= 15 is 0 Å². The molecule has 2 rings (SSSR count). The first-order valence-corrected chi connectivity index (χ1v) is 10.2. The first kappa shape index (κ1) is 25.6. The van der Waals surface area contributed by atoms with Crippen LogP contribution in [0.1, 0.15) is 32.6 Å². The minimum atomic E-state index is -2.66. The fourth-order valence-electron chi connectivity index (χ4n) is 3.32. The molecule has 2 fully saturated rings. The molecule has 11 nitrogen and oxygen atoms in total. The summed E-state index contributed by atoms with van der Waals surface area (Å²) in [7, 11) is 0. The van der Waals surface area contributed by atoms with Gasteiger partial charge in [0.25, 0.3) is 0 Å². The van der Waals surface area contributed by atoms with E-state index in [9.17, 15) is 35.7 Å². The molecular formula is C19H34O11. The largest absolute Gasteiger partial charge is 0.388 e. The Morgan fingerprint density at radius 3 is 2.40 bits per heavy atom. The Morgan fingerprint density at radius 1 is 1.07 bits per heavy atom. The summed E-state index contributed by atoms with van der Waals surface area (Å²) < 4.78 is 21.2. The van der Waals surface area contributed by atoms with Crippen LogP contribution in [0.5, 0.6) is 0 Å². The summed E-state index contributed by atoms with van der Waals surface area (Å²) in [5.74, 6) is -2.66. The lowest BCUT2D eigenvalue weighted by molar-refractivity contribution is -0.438. The molecule has 0 saturated carbocycles. The molecule has 0 aromatic rings. The Labute approximate surface area is 175 Å². The SMILES string of the molecule is C=CC(CCCCC)O[C@H]1OC(CO[C@@]2(O)OC[C@@H](O)C(O)[C@@H]2O)[C@@H](O)C(O)[C@@H]1O. The first-order valence-electron chi connectivity index (χ1n) is 10.2. The number of hydrogen-bond donors (Lipinski definition) is 7. The molecule has 2 aliphatic heterocycles. The van der Waals surface area contributed by atoms with Crippen LogP contribution in [0.25, 0.3) is 0 Å². The van der Waals surface area contributed by atoms with Crippen LogP contribution in [0, 0.1) is 0 Å². The van der Waals surface area contributed by atoms with Crippen LogP contribution in [0.3, 0.4) is 0 Å². The van der Waals surface area contributed by atoms with Gasteiger partial charge in [0.1, 0.15) is 36.6 Å². The highest BCUT2D eigenvalue weighted by molar-refractivity contribution is 4.92. The second-order valence-electron chi connectivity index (χ2n) is 7.68. The van der Waals surface area contributed by atoms with E-state index in [4.69, 9.17) is 18.9 Å². The molecule has 7 N–H and O–H groups in total. The predicted octanol–water partition coefficient (Wildman–Crippen LogP) is -2.28. The fraction of sp³-hybridized carbons (Fsp3) is 0.895. The van der Waals surface area contributed by atoms with Crippen LogP contribution in [0.15, 0.2) is 12.7 Å². The van der Waals surface area contributed by atoms with E-state index in [0.29, 0.717) is 6.42 Å². The molecule has 0 amide bonds. The Balaban J connectivity index is 1.99. The van der Waals surface area contributed by atoms with Crippen molar-refractivity contribution in [2.24, 2.45) is 0 Å². The topological polar surface area (TPSA) is 179 Å². The Bertz CT molecular complexity index is 535. The quantitative estimate of drug-likeness (QED) is 0.111. The fourth-order valence-corrected chi connectivity index (χ4v) is 3.32. The second-order valence-corrected chi connectivity index (χ2v) is 7.68. The summed E-state index contributed by atoms with van der Waals surface area (Å²) in [5, 5.41) is 69.9. The van der Waals surface area contributed by atoms with Crippen molar-refractivity contribution >= 4 is 0 Å². The van der Waals surface area contributed by atoms with E-state index < -0.39 is 74.3 Å². The minimum Gasteiger partial charge on any atom is -0.388 e. The third-order valence-corrected chi connectivity index (χ3v) is 5.34. The minimum absolute atomic E-state index is 0.454. The highest BCUT2D eigenvalue weighted by Crippen LogP contribution is 2.29. The van der Waals surface area contributed by atoms with Crippen molar-refractivity contribution in [3.63, 3.8) is 0 Å². The van der Waals surface area contributed by atoms with Crippen molar-refractivity contribution in [2.45, 2.75) is 93.7 Å². The van der Waals surface area contributed by atoms with Crippen molar-refractivity contribution in [1.82, 2.24) is 0 Å². The lowest BCUT2D eigenvalue weighted by Gasteiger charge is -2.44. The zero-order valence-electron chi connectivity index (χ0n) is 17.0. The number of aliphatic hydroxyl groups excluding tert-OH is 6. The van der Waals surface area contributed by atoms with Crippen LogP contribution >= 0.6 is 0 Å². The molecule has 0 spiro atoms. The van der Waals surface area contributed by atoms with Crippen LogP contribution in [-0.2, 0) is 18.9 Å². The van der Waals surface area contributed by atoms with E-state index in [1.807, 2.05) is 0 Å². The van der Waals surface area contributed by atoms with Gasteiger partial charge in [0, 0.05) is 0 Å². The third-order valence-electron chi connectivity index (χ3n) is 5.34. The van der Waals surface area contributed by atoms with Gasteiger partial charge in [-0.25, -0.2) is 0 Å². The predicted molar refractivity (Wildman–Crippen MR) is 101 cm³/mol. The summed E-state index contributed by atoms with van der Waals surface area (Å²) in [6.45, 7) is 4.65. The third kappa shape index (κ3) is 5.96. The smallest absolute Gasteiger partial charge is 0.311 e. The lowest BCUT2D eigenvalue weighted by atomic mass is 9.99. The van der Waals surface area contributed by atoms with E-state index in [-0.39, 0.29) is 0 Å². The van der Waals surface area contributed by atoms with Crippen molar-refractivity contribution in [2.75, 3.05) is 13.2 Å². The normalized spacial score (nSPS) is 43.3. The molecule has 0 bridgehead atoms. The van der Waals surface area contributed by atoms with Gasteiger partial charge in [0.15, 0.2) is 12.4 Å². The number of aliphatic hydroxyl groups is 7. The van der Waals surface area contributed by atoms with Crippen molar-refractivity contribution in [3.05, 3.63) is 12.7 Å². The average Bonchev–Trinajstić information content (AvgIpc) is 2.74. The van der Waals surface area contributed by atoms with Crippen molar-refractivity contribution in [1.29, 1.82) is 0 Å². The Morgan fingerprint density at radius 2 is 1.77 bits per heavy atom. The van der Waals surface area contributed by atoms with Crippen molar-refractivity contribution < 1.29 is 54.7 Å². The zero-order valence-corrected chi connectivity index (χ0v) is 17.0.